The molecule has 1 aromatic heterocycles. The van der Waals surface area contributed by atoms with Crippen LogP contribution in [0.4, 0.5) is 0 Å². The maximum absolute atomic E-state index is 12.2. The lowest BCUT2D eigenvalue weighted by atomic mass is 10.2. The molecule has 1 amide bonds. The molecular weight excluding hydrogens is 376 g/mol. The molecule has 0 unspecified atom stereocenters. The SMILES string of the molecule is COc1ccc(Br)c(C(=O)NCCCNCc2ccc(C)s2)c1. The Balaban J connectivity index is 1.68. The van der Waals surface area contributed by atoms with Crippen molar-refractivity contribution >= 4 is 33.2 Å². The van der Waals surface area contributed by atoms with E-state index in [1.54, 1.807) is 13.2 Å². The summed E-state index contributed by atoms with van der Waals surface area (Å²) in [5.74, 6) is 0.580. The molecule has 6 heteroatoms. The number of amides is 1. The minimum atomic E-state index is -0.0929. The smallest absolute Gasteiger partial charge is 0.252 e. The van der Waals surface area contributed by atoms with Crippen LogP contribution in [0.3, 0.4) is 0 Å². The second-order valence-corrected chi connectivity index (χ2v) is 7.37. The fourth-order valence-corrected chi connectivity index (χ4v) is 3.39. The van der Waals surface area contributed by atoms with Gasteiger partial charge < -0.3 is 15.4 Å². The fourth-order valence-electron chi connectivity index (χ4n) is 2.11. The van der Waals surface area contributed by atoms with Crippen molar-refractivity contribution in [1.82, 2.24) is 10.6 Å². The zero-order chi connectivity index (χ0) is 16.7. The number of hydrogen-bond donors (Lipinski definition) is 2. The van der Waals surface area contributed by atoms with Gasteiger partial charge in [-0.05, 0) is 66.2 Å². The number of nitrogens with one attached hydrogen (secondary N) is 2. The Hall–Kier alpha value is -1.37. The number of hydrogen-bond acceptors (Lipinski definition) is 4. The minimum absolute atomic E-state index is 0.0929. The van der Waals surface area contributed by atoms with Crippen molar-refractivity contribution in [1.29, 1.82) is 0 Å². The molecule has 2 N–H and O–H groups in total. The predicted molar refractivity (Wildman–Crippen MR) is 98.4 cm³/mol. The molecule has 0 aliphatic heterocycles. The van der Waals surface area contributed by atoms with Crippen LogP contribution in [0.5, 0.6) is 5.75 Å². The van der Waals surface area contributed by atoms with Gasteiger partial charge in [0, 0.05) is 27.3 Å². The Labute approximate surface area is 149 Å². The predicted octanol–water partition coefficient (Wildman–Crippen LogP) is 3.74. The molecule has 0 saturated heterocycles. The Morgan fingerprint density at radius 3 is 2.78 bits per heavy atom. The average Bonchev–Trinajstić information content (AvgIpc) is 2.96. The molecule has 0 aliphatic carbocycles. The third kappa shape index (κ3) is 5.64. The lowest BCUT2D eigenvalue weighted by Crippen LogP contribution is -2.27. The van der Waals surface area contributed by atoms with Gasteiger partial charge in [-0.3, -0.25) is 4.79 Å². The third-order valence-corrected chi connectivity index (χ3v) is 5.02. The van der Waals surface area contributed by atoms with Crippen molar-refractivity contribution in [3.05, 3.63) is 50.1 Å². The van der Waals surface area contributed by atoms with Gasteiger partial charge in [-0.2, -0.15) is 0 Å². The molecule has 4 nitrogen and oxygen atoms in total. The maximum atomic E-state index is 12.2. The van der Waals surface area contributed by atoms with Crippen LogP contribution in [0.1, 0.15) is 26.5 Å². The van der Waals surface area contributed by atoms with Crippen LogP contribution in [0.15, 0.2) is 34.8 Å². The van der Waals surface area contributed by atoms with Gasteiger partial charge in [-0.25, -0.2) is 0 Å². The third-order valence-electron chi connectivity index (χ3n) is 3.33. The van der Waals surface area contributed by atoms with Crippen LogP contribution in [0, 0.1) is 6.92 Å². The Morgan fingerprint density at radius 2 is 2.09 bits per heavy atom. The van der Waals surface area contributed by atoms with E-state index < -0.39 is 0 Å². The first-order valence-corrected chi connectivity index (χ1v) is 9.09. The number of carbonyl (C=O) groups is 1. The molecule has 0 atom stereocenters. The van der Waals surface area contributed by atoms with Gasteiger partial charge in [0.25, 0.3) is 5.91 Å². The van der Waals surface area contributed by atoms with E-state index in [1.807, 2.05) is 23.5 Å². The maximum Gasteiger partial charge on any atom is 0.252 e. The first kappa shape index (κ1) is 18.0. The van der Waals surface area contributed by atoms with Gasteiger partial charge in [0.1, 0.15) is 5.75 Å². The van der Waals surface area contributed by atoms with Crippen LogP contribution in [0.25, 0.3) is 0 Å². The first-order valence-electron chi connectivity index (χ1n) is 7.48. The zero-order valence-corrected chi connectivity index (χ0v) is 15.7. The fraction of sp³-hybridized carbons (Fsp3) is 0.353. The standard InChI is InChI=1S/C17H21BrN2O2S/c1-12-4-6-14(23-12)11-19-8-3-9-20-17(21)15-10-13(22-2)5-7-16(15)18/h4-7,10,19H,3,8-9,11H2,1-2H3,(H,20,21). The normalized spacial score (nSPS) is 10.6. The monoisotopic (exact) mass is 396 g/mol. The Kier molecular flexibility index (Phi) is 7.08. The highest BCUT2D eigenvalue weighted by Gasteiger charge is 2.10. The van der Waals surface area contributed by atoms with E-state index in [0.717, 1.165) is 24.0 Å². The number of benzene rings is 1. The second-order valence-electron chi connectivity index (χ2n) is 5.14. The molecule has 2 rings (SSSR count). The van der Waals surface area contributed by atoms with E-state index in [0.29, 0.717) is 17.9 Å². The van der Waals surface area contributed by atoms with Gasteiger partial charge in [-0.15, -0.1) is 11.3 Å². The number of aryl methyl sites for hydroxylation is 1. The van der Waals surface area contributed by atoms with Crippen LogP contribution in [-0.4, -0.2) is 26.1 Å². The van der Waals surface area contributed by atoms with Gasteiger partial charge >= 0.3 is 0 Å². The molecule has 0 fully saturated rings. The van der Waals surface area contributed by atoms with Crippen molar-refractivity contribution in [2.24, 2.45) is 0 Å². The summed E-state index contributed by atoms with van der Waals surface area (Å²) in [6.07, 6.45) is 0.887. The molecular formula is C17H21BrN2O2S. The summed E-state index contributed by atoms with van der Waals surface area (Å²) in [6, 6.07) is 9.65. The van der Waals surface area contributed by atoms with E-state index in [-0.39, 0.29) is 5.91 Å². The van der Waals surface area contributed by atoms with Crippen molar-refractivity contribution in [2.75, 3.05) is 20.2 Å². The lowest BCUT2D eigenvalue weighted by molar-refractivity contribution is 0.0952. The zero-order valence-electron chi connectivity index (χ0n) is 13.3. The summed E-state index contributed by atoms with van der Waals surface area (Å²) in [5, 5.41) is 6.32. The first-order chi connectivity index (χ1) is 11.1. The van der Waals surface area contributed by atoms with Crippen molar-refractivity contribution in [3.63, 3.8) is 0 Å². The van der Waals surface area contributed by atoms with Gasteiger partial charge in [0.05, 0.1) is 12.7 Å². The second kappa shape index (κ2) is 9.05. The highest BCUT2D eigenvalue weighted by atomic mass is 79.9. The number of ether oxygens (including phenoxy) is 1. The van der Waals surface area contributed by atoms with E-state index in [4.69, 9.17) is 4.74 Å². The van der Waals surface area contributed by atoms with Crippen LogP contribution in [0.2, 0.25) is 0 Å². The molecule has 23 heavy (non-hydrogen) atoms. The number of methoxy groups -OCH3 is 1. The molecule has 1 aromatic carbocycles. The summed E-state index contributed by atoms with van der Waals surface area (Å²) < 4.78 is 5.92. The summed E-state index contributed by atoms with van der Waals surface area (Å²) in [4.78, 5) is 14.8. The average molecular weight is 397 g/mol. The number of halogens is 1. The molecule has 0 bridgehead atoms. The molecule has 0 aliphatic rings. The molecule has 0 saturated carbocycles. The van der Waals surface area contributed by atoms with Crippen molar-refractivity contribution in [3.8, 4) is 5.75 Å². The number of rotatable bonds is 8. The number of thiophene rings is 1. The van der Waals surface area contributed by atoms with E-state index in [2.05, 4.69) is 45.6 Å². The van der Waals surface area contributed by atoms with Gasteiger partial charge in [0.2, 0.25) is 0 Å². The number of carbonyl (C=O) groups excluding carboxylic acids is 1. The molecule has 0 radical (unpaired) electrons. The highest BCUT2D eigenvalue weighted by molar-refractivity contribution is 9.10. The molecule has 1 heterocycles. The summed E-state index contributed by atoms with van der Waals surface area (Å²) in [7, 11) is 1.59. The Bertz CT molecular complexity index is 658. The van der Waals surface area contributed by atoms with Crippen LogP contribution in [-0.2, 0) is 6.54 Å². The van der Waals surface area contributed by atoms with Crippen molar-refractivity contribution < 1.29 is 9.53 Å². The lowest BCUT2D eigenvalue weighted by Gasteiger charge is -2.09. The highest BCUT2D eigenvalue weighted by Crippen LogP contribution is 2.22. The van der Waals surface area contributed by atoms with Crippen LogP contribution >= 0.6 is 27.3 Å². The Morgan fingerprint density at radius 1 is 1.26 bits per heavy atom. The van der Waals surface area contributed by atoms with Gasteiger partial charge in [-0.1, -0.05) is 0 Å². The molecule has 2 aromatic rings. The summed E-state index contributed by atoms with van der Waals surface area (Å²) >= 11 is 5.20. The summed E-state index contributed by atoms with van der Waals surface area (Å²) in [5.41, 5.74) is 0.589. The van der Waals surface area contributed by atoms with Gasteiger partial charge in [0.15, 0.2) is 0 Å². The van der Waals surface area contributed by atoms with Crippen LogP contribution < -0.4 is 15.4 Å². The summed E-state index contributed by atoms with van der Waals surface area (Å²) in [6.45, 7) is 4.50. The molecule has 124 valence electrons. The van der Waals surface area contributed by atoms with E-state index >= 15 is 0 Å². The van der Waals surface area contributed by atoms with E-state index in [1.165, 1.54) is 9.75 Å². The van der Waals surface area contributed by atoms with E-state index in [9.17, 15) is 4.79 Å². The molecule has 0 spiro atoms. The topological polar surface area (TPSA) is 50.4 Å². The quantitative estimate of drug-likeness (QED) is 0.668. The minimum Gasteiger partial charge on any atom is -0.497 e. The largest absolute Gasteiger partial charge is 0.497 e. The van der Waals surface area contributed by atoms with Crippen molar-refractivity contribution in [2.45, 2.75) is 19.9 Å².